The highest BCUT2D eigenvalue weighted by Gasteiger charge is 2.15. The second-order valence-corrected chi connectivity index (χ2v) is 3.07. The molecule has 15 heavy (non-hydrogen) atoms. The third-order valence-electron chi connectivity index (χ3n) is 2.23. The number of halogens is 2. The largest absolute Gasteiger partial charge is 0.367 e. The highest BCUT2D eigenvalue weighted by Crippen LogP contribution is 2.24. The molecule has 0 unspecified atom stereocenters. The van der Waals surface area contributed by atoms with Gasteiger partial charge < -0.3 is 4.90 Å². The summed E-state index contributed by atoms with van der Waals surface area (Å²) in [6, 6.07) is 3.82. The highest BCUT2D eigenvalue weighted by molar-refractivity contribution is 5.52. The summed E-state index contributed by atoms with van der Waals surface area (Å²) in [6.07, 6.45) is 0. The Balaban J connectivity index is 3.25. The fourth-order valence-electron chi connectivity index (χ4n) is 1.47. The minimum Gasteiger partial charge on any atom is -0.367 e. The smallest absolute Gasteiger partial charge is 0.150 e. The lowest BCUT2D eigenvalue weighted by Crippen LogP contribution is -2.24. The highest BCUT2D eigenvalue weighted by atomic mass is 19.1. The first-order valence-corrected chi connectivity index (χ1v) is 4.78. The monoisotopic (exact) mass is 210 g/mol. The summed E-state index contributed by atoms with van der Waals surface area (Å²) in [4.78, 5) is 1.58. The lowest BCUT2D eigenvalue weighted by Gasteiger charge is -2.22. The van der Waals surface area contributed by atoms with Crippen LogP contribution in [-0.4, -0.2) is 13.1 Å². The molecule has 0 N–H and O–H groups in total. The van der Waals surface area contributed by atoms with Gasteiger partial charge in [-0.3, -0.25) is 0 Å². The Morgan fingerprint density at radius 2 is 1.67 bits per heavy atom. The Labute approximate surface area is 87.7 Å². The van der Waals surface area contributed by atoms with Crippen LogP contribution >= 0.6 is 0 Å². The van der Waals surface area contributed by atoms with Gasteiger partial charge in [0.05, 0.1) is 11.6 Å². The third-order valence-corrected chi connectivity index (χ3v) is 2.23. The van der Waals surface area contributed by atoms with E-state index in [1.165, 1.54) is 0 Å². The quantitative estimate of drug-likeness (QED) is 0.766. The second-order valence-electron chi connectivity index (χ2n) is 3.07. The maximum absolute atomic E-state index is 13.5. The first kappa shape index (κ1) is 11.4. The van der Waals surface area contributed by atoms with Crippen molar-refractivity contribution in [2.45, 2.75) is 13.8 Å². The minimum atomic E-state index is -0.685. The molecule has 4 heteroatoms. The van der Waals surface area contributed by atoms with Crippen LogP contribution in [0.25, 0.3) is 0 Å². The maximum Gasteiger partial charge on any atom is 0.150 e. The van der Waals surface area contributed by atoms with Gasteiger partial charge in [0.15, 0.2) is 11.6 Å². The first-order chi connectivity index (χ1) is 7.13. The van der Waals surface area contributed by atoms with Crippen LogP contribution in [0.15, 0.2) is 12.1 Å². The van der Waals surface area contributed by atoms with Crippen LogP contribution in [-0.2, 0) is 0 Å². The van der Waals surface area contributed by atoms with Crippen LogP contribution < -0.4 is 4.90 Å². The van der Waals surface area contributed by atoms with Gasteiger partial charge in [-0.15, -0.1) is 0 Å². The molecule has 0 aliphatic carbocycles. The Kier molecular flexibility index (Phi) is 3.62. The average Bonchev–Trinajstić information content (AvgIpc) is 2.23. The van der Waals surface area contributed by atoms with Crippen molar-refractivity contribution in [2.75, 3.05) is 18.0 Å². The molecule has 0 heterocycles. The molecule has 1 aromatic rings. The summed E-state index contributed by atoms with van der Waals surface area (Å²) in [5.74, 6) is -1.37. The Bertz CT molecular complexity index is 369. The molecule has 2 nitrogen and oxygen atoms in total. The molecule has 0 fully saturated rings. The zero-order valence-electron chi connectivity index (χ0n) is 8.72. The predicted octanol–water partition coefficient (Wildman–Crippen LogP) is 2.68. The van der Waals surface area contributed by atoms with Crippen molar-refractivity contribution < 1.29 is 8.78 Å². The molecule has 0 radical (unpaired) electrons. The number of nitrogens with zero attached hydrogens (tertiary/aromatic N) is 2. The molecule has 1 aromatic carbocycles. The van der Waals surface area contributed by atoms with Crippen LogP contribution in [0.3, 0.4) is 0 Å². The van der Waals surface area contributed by atoms with E-state index < -0.39 is 11.6 Å². The molecule has 0 aliphatic rings. The average molecular weight is 210 g/mol. The van der Waals surface area contributed by atoms with Gasteiger partial charge in [-0.1, -0.05) is 0 Å². The standard InChI is InChI=1S/C11H12F2N2/c1-3-15(4-2)11-9(12)5-8(7-14)6-10(11)13/h5-6H,3-4H2,1-2H3. The fourth-order valence-corrected chi connectivity index (χ4v) is 1.47. The summed E-state index contributed by atoms with van der Waals surface area (Å²) in [6.45, 7) is 4.69. The van der Waals surface area contributed by atoms with E-state index in [1.54, 1.807) is 11.0 Å². The van der Waals surface area contributed by atoms with Crippen molar-refractivity contribution in [2.24, 2.45) is 0 Å². The lowest BCUT2D eigenvalue weighted by molar-refractivity contribution is 0.573. The number of benzene rings is 1. The molecular weight excluding hydrogens is 198 g/mol. The molecule has 1 rings (SSSR count). The second kappa shape index (κ2) is 4.74. The van der Waals surface area contributed by atoms with E-state index >= 15 is 0 Å². The van der Waals surface area contributed by atoms with E-state index in [9.17, 15) is 8.78 Å². The van der Waals surface area contributed by atoms with Gasteiger partial charge in [-0.2, -0.15) is 5.26 Å². The van der Waals surface area contributed by atoms with E-state index in [2.05, 4.69) is 0 Å². The zero-order valence-corrected chi connectivity index (χ0v) is 8.72. The van der Waals surface area contributed by atoms with E-state index in [4.69, 9.17) is 5.26 Å². The molecule has 0 aromatic heterocycles. The summed E-state index contributed by atoms with van der Waals surface area (Å²) >= 11 is 0. The number of hydrogen-bond acceptors (Lipinski definition) is 2. The number of hydrogen-bond donors (Lipinski definition) is 0. The van der Waals surface area contributed by atoms with Crippen LogP contribution in [0.2, 0.25) is 0 Å². The topological polar surface area (TPSA) is 27.0 Å². The molecule has 0 saturated heterocycles. The van der Waals surface area contributed by atoms with Crippen LogP contribution in [0.1, 0.15) is 19.4 Å². The molecule has 0 atom stereocenters. The van der Waals surface area contributed by atoms with Crippen molar-refractivity contribution >= 4 is 5.69 Å². The van der Waals surface area contributed by atoms with E-state index in [-0.39, 0.29) is 11.3 Å². The third kappa shape index (κ3) is 2.24. The predicted molar refractivity (Wildman–Crippen MR) is 54.6 cm³/mol. The van der Waals surface area contributed by atoms with Crippen LogP contribution in [0.5, 0.6) is 0 Å². The first-order valence-electron chi connectivity index (χ1n) is 4.78. The van der Waals surface area contributed by atoms with Crippen molar-refractivity contribution in [1.82, 2.24) is 0 Å². The van der Waals surface area contributed by atoms with Gasteiger partial charge in [-0.05, 0) is 26.0 Å². The molecule has 80 valence electrons. The van der Waals surface area contributed by atoms with Crippen molar-refractivity contribution in [1.29, 1.82) is 5.26 Å². The van der Waals surface area contributed by atoms with Crippen LogP contribution in [0, 0.1) is 23.0 Å². The maximum atomic E-state index is 13.5. The number of anilines is 1. The Morgan fingerprint density at radius 3 is 2.00 bits per heavy atom. The van der Waals surface area contributed by atoms with Crippen molar-refractivity contribution in [3.05, 3.63) is 29.3 Å². The Hall–Kier alpha value is -1.63. The van der Waals surface area contributed by atoms with Crippen molar-refractivity contribution in [3.8, 4) is 6.07 Å². The molecule has 0 bridgehead atoms. The SMILES string of the molecule is CCN(CC)c1c(F)cc(C#N)cc1F. The van der Waals surface area contributed by atoms with E-state index in [1.807, 2.05) is 13.8 Å². The Morgan fingerprint density at radius 1 is 1.20 bits per heavy atom. The van der Waals surface area contributed by atoms with Gasteiger partial charge in [-0.25, -0.2) is 8.78 Å². The lowest BCUT2D eigenvalue weighted by atomic mass is 10.2. The van der Waals surface area contributed by atoms with Crippen molar-refractivity contribution in [3.63, 3.8) is 0 Å². The minimum absolute atomic E-state index is 0.000839. The zero-order chi connectivity index (χ0) is 11.4. The summed E-state index contributed by atoms with van der Waals surface area (Å²) in [5, 5.41) is 8.53. The molecule has 0 saturated carbocycles. The molecule has 0 amide bonds. The van der Waals surface area contributed by atoms with Gasteiger partial charge in [0.25, 0.3) is 0 Å². The summed E-state index contributed by atoms with van der Waals surface area (Å²) in [5.41, 5.74) is -0.0556. The molecular formula is C11H12F2N2. The molecule has 0 aliphatic heterocycles. The van der Waals surface area contributed by atoms with Gasteiger partial charge in [0.1, 0.15) is 5.69 Å². The van der Waals surface area contributed by atoms with E-state index in [0.717, 1.165) is 12.1 Å². The normalized spacial score (nSPS) is 9.80. The molecule has 0 spiro atoms. The van der Waals surface area contributed by atoms with Gasteiger partial charge in [0, 0.05) is 13.1 Å². The van der Waals surface area contributed by atoms with Crippen LogP contribution in [0.4, 0.5) is 14.5 Å². The fraction of sp³-hybridized carbons (Fsp3) is 0.364. The summed E-state index contributed by atoms with van der Waals surface area (Å²) < 4.78 is 27.0. The summed E-state index contributed by atoms with van der Waals surface area (Å²) in [7, 11) is 0. The van der Waals surface area contributed by atoms with Gasteiger partial charge >= 0.3 is 0 Å². The van der Waals surface area contributed by atoms with E-state index in [0.29, 0.717) is 13.1 Å². The number of rotatable bonds is 3. The van der Waals surface area contributed by atoms with Gasteiger partial charge in [0.2, 0.25) is 0 Å². The number of nitriles is 1.